The Bertz CT molecular complexity index is 481. The number of primary amides is 1. The van der Waals surface area contributed by atoms with Crippen molar-refractivity contribution in [2.24, 2.45) is 5.73 Å². The number of rotatable bonds is 3. The first-order valence-corrected chi connectivity index (χ1v) is 5.67. The minimum Gasteiger partial charge on any atom is -0.352 e. The summed E-state index contributed by atoms with van der Waals surface area (Å²) >= 11 is 1.55. The van der Waals surface area contributed by atoms with E-state index in [1.165, 1.54) is 0 Å². The third-order valence-electron chi connectivity index (χ3n) is 2.02. The van der Waals surface area contributed by atoms with Crippen molar-refractivity contribution in [2.45, 2.75) is 6.54 Å². The first-order chi connectivity index (χ1) is 7.75. The molecule has 1 aromatic carbocycles. The van der Waals surface area contributed by atoms with Gasteiger partial charge in [-0.05, 0) is 0 Å². The second-order valence-electron chi connectivity index (χ2n) is 3.23. The van der Waals surface area contributed by atoms with Crippen molar-refractivity contribution in [3.05, 3.63) is 41.4 Å². The summed E-state index contributed by atoms with van der Waals surface area (Å²) in [5.41, 5.74) is 6.89. The molecule has 82 valence electrons. The number of nitrogens with zero attached hydrogens (tertiary/aromatic N) is 1. The molecule has 1 heterocycles. The summed E-state index contributed by atoms with van der Waals surface area (Å²) in [5.74, 6) is 0. The minimum absolute atomic E-state index is 0.374. The predicted octanol–water partition coefficient (Wildman–Crippen LogP) is 1.98. The van der Waals surface area contributed by atoms with Crippen molar-refractivity contribution in [1.29, 1.82) is 0 Å². The number of nitrogens with one attached hydrogen (secondary N) is 1. The fourth-order valence-electron chi connectivity index (χ4n) is 1.28. The number of hydrogen-bond acceptors (Lipinski definition) is 3. The first kappa shape index (κ1) is 10.6. The number of urea groups is 1. The van der Waals surface area contributed by atoms with E-state index in [1.54, 1.807) is 11.3 Å². The van der Waals surface area contributed by atoms with E-state index in [9.17, 15) is 4.79 Å². The van der Waals surface area contributed by atoms with E-state index >= 15 is 0 Å². The highest BCUT2D eigenvalue weighted by molar-refractivity contribution is 7.13. The number of thiazole rings is 1. The van der Waals surface area contributed by atoms with E-state index in [-0.39, 0.29) is 0 Å². The van der Waals surface area contributed by atoms with Gasteiger partial charge in [-0.1, -0.05) is 30.3 Å². The van der Waals surface area contributed by atoms with Crippen LogP contribution in [0.3, 0.4) is 0 Å². The Balaban J connectivity index is 2.11. The summed E-state index contributed by atoms with van der Waals surface area (Å²) in [5, 5.41) is 5.37. The van der Waals surface area contributed by atoms with Gasteiger partial charge < -0.3 is 11.1 Å². The second-order valence-corrected chi connectivity index (χ2v) is 4.09. The maximum Gasteiger partial charge on any atom is 0.312 e. The molecule has 0 fully saturated rings. The lowest BCUT2D eigenvalue weighted by atomic mass is 10.2. The Morgan fingerprint density at radius 3 is 2.81 bits per heavy atom. The zero-order valence-electron chi connectivity index (χ0n) is 8.51. The third-order valence-corrected chi connectivity index (χ3v) is 2.96. The maximum atomic E-state index is 10.5. The molecule has 0 aliphatic rings. The molecule has 0 bridgehead atoms. The molecule has 16 heavy (non-hydrogen) atoms. The van der Waals surface area contributed by atoms with Gasteiger partial charge in [-0.15, -0.1) is 11.3 Å². The number of amides is 2. The molecule has 2 aromatic rings. The van der Waals surface area contributed by atoms with Gasteiger partial charge in [-0.2, -0.15) is 0 Å². The average molecular weight is 233 g/mol. The van der Waals surface area contributed by atoms with E-state index in [0.717, 1.165) is 16.3 Å². The van der Waals surface area contributed by atoms with Gasteiger partial charge in [0.2, 0.25) is 0 Å². The molecule has 5 heteroatoms. The topological polar surface area (TPSA) is 68.0 Å². The first-order valence-electron chi connectivity index (χ1n) is 4.79. The largest absolute Gasteiger partial charge is 0.352 e. The Kier molecular flexibility index (Phi) is 3.16. The van der Waals surface area contributed by atoms with Crippen LogP contribution >= 0.6 is 11.3 Å². The van der Waals surface area contributed by atoms with Gasteiger partial charge in [-0.25, -0.2) is 9.78 Å². The highest BCUT2D eigenvalue weighted by atomic mass is 32.1. The van der Waals surface area contributed by atoms with Crippen molar-refractivity contribution >= 4 is 17.4 Å². The molecular weight excluding hydrogens is 222 g/mol. The molecule has 2 amide bonds. The summed E-state index contributed by atoms with van der Waals surface area (Å²) in [4.78, 5) is 14.9. The molecule has 2 rings (SSSR count). The lowest BCUT2D eigenvalue weighted by molar-refractivity contribution is 0.248. The lowest BCUT2D eigenvalue weighted by Gasteiger charge is -1.97. The predicted molar refractivity (Wildman–Crippen MR) is 64.0 cm³/mol. The Labute approximate surface area is 97.1 Å². The SMILES string of the molecule is NC(=O)NCc1csc(-c2ccccc2)n1. The van der Waals surface area contributed by atoms with Crippen LogP contribution < -0.4 is 11.1 Å². The van der Waals surface area contributed by atoms with Crippen LogP contribution in [0.2, 0.25) is 0 Å². The highest BCUT2D eigenvalue weighted by Gasteiger charge is 2.04. The molecule has 4 nitrogen and oxygen atoms in total. The number of nitrogens with two attached hydrogens (primary N) is 1. The van der Waals surface area contributed by atoms with Crippen molar-refractivity contribution in [3.8, 4) is 10.6 Å². The molecule has 3 N–H and O–H groups in total. The van der Waals surface area contributed by atoms with Gasteiger partial charge >= 0.3 is 6.03 Å². The summed E-state index contributed by atoms with van der Waals surface area (Å²) in [6.07, 6.45) is 0. The zero-order valence-corrected chi connectivity index (χ0v) is 9.33. The Morgan fingerprint density at radius 1 is 1.38 bits per heavy atom. The van der Waals surface area contributed by atoms with E-state index in [2.05, 4.69) is 10.3 Å². The molecule has 0 spiro atoms. The zero-order chi connectivity index (χ0) is 11.4. The second kappa shape index (κ2) is 4.76. The standard InChI is InChI=1S/C11H11N3OS/c12-11(15)13-6-9-7-16-10(14-9)8-4-2-1-3-5-8/h1-5,7H,6H2,(H3,12,13,15). The Morgan fingerprint density at radius 2 is 2.12 bits per heavy atom. The van der Waals surface area contributed by atoms with Crippen molar-refractivity contribution in [3.63, 3.8) is 0 Å². The lowest BCUT2D eigenvalue weighted by Crippen LogP contribution is -2.28. The number of carbonyl (C=O) groups excluding carboxylic acids is 1. The van der Waals surface area contributed by atoms with Gasteiger partial charge in [0.1, 0.15) is 5.01 Å². The third kappa shape index (κ3) is 2.58. The van der Waals surface area contributed by atoms with E-state index in [0.29, 0.717) is 6.54 Å². The molecule has 0 saturated carbocycles. The van der Waals surface area contributed by atoms with Crippen LogP contribution in [-0.2, 0) is 6.54 Å². The van der Waals surface area contributed by atoms with E-state index in [1.807, 2.05) is 35.7 Å². The number of aromatic nitrogens is 1. The summed E-state index contributed by atoms with van der Waals surface area (Å²) in [6, 6.07) is 9.38. The highest BCUT2D eigenvalue weighted by Crippen LogP contribution is 2.22. The van der Waals surface area contributed by atoms with Crippen LogP contribution in [0.25, 0.3) is 10.6 Å². The van der Waals surface area contributed by atoms with Gasteiger partial charge in [0.05, 0.1) is 12.2 Å². The summed E-state index contributed by atoms with van der Waals surface area (Å²) in [6.45, 7) is 0.374. The maximum absolute atomic E-state index is 10.5. The van der Waals surface area contributed by atoms with Gasteiger partial charge in [0.25, 0.3) is 0 Å². The number of carbonyl (C=O) groups is 1. The van der Waals surface area contributed by atoms with Crippen LogP contribution in [0.15, 0.2) is 35.7 Å². The van der Waals surface area contributed by atoms with Crippen molar-refractivity contribution in [2.75, 3.05) is 0 Å². The summed E-state index contributed by atoms with van der Waals surface area (Å²) < 4.78 is 0. The number of benzene rings is 1. The molecular formula is C11H11N3OS. The van der Waals surface area contributed by atoms with Crippen molar-refractivity contribution < 1.29 is 4.79 Å². The Hall–Kier alpha value is -1.88. The van der Waals surface area contributed by atoms with Crippen LogP contribution in [0.4, 0.5) is 4.79 Å². The molecule has 0 aliphatic carbocycles. The normalized spacial score (nSPS) is 10.0. The molecule has 0 atom stereocenters. The fraction of sp³-hybridized carbons (Fsp3) is 0.0909. The molecule has 0 radical (unpaired) electrons. The summed E-state index contributed by atoms with van der Waals surface area (Å²) in [7, 11) is 0. The average Bonchev–Trinajstić information content (AvgIpc) is 2.76. The van der Waals surface area contributed by atoms with Crippen molar-refractivity contribution in [1.82, 2.24) is 10.3 Å². The number of hydrogen-bond donors (Lipinski definition) is 2. The molecule has 0 aliphatic heterocycles. The molecule has 0 saturated heterocycles. The molecule has 0 unspecified atom stereocenters. The fourth-order valence-corrected chi connectivity index (χ4v) is 2.10. The quantitative estimate of drug-likeness (QED) is 0.851. The van der Waals surface area contributed by atoms with E-state index in [4.69, 9.17) is 5.73 Å². The van der Waals surface area contributed by atoms with Crippen LogP contribution in [0.5, 0.6) is 0 Å². The van der Waals surface area contributed by atoms with Crippen LogP contribution in [-0.4, -0.2) is 11.0 Å². The van der Waals surface area contributed by atoms with Gasteiger partial charge in [0.15, 0.2) is 0 Å². The monoisotopic (exact) mass is 233 g/mol. The smallest absolute Gasteiger partial charge is 0.312 e. The minimum atomic E-state index is -0.533. The van der Waals surface area contributed by atoms with Crippen LogP contribution in [0.1, 0.15) is 5.69 Å². The molecule has 1 aromatic heterocycles. The van der Waals surface area contributed by atoms with Gasteiger partial charge in [-0.3, -0.25) is 0 Å². The van der Waals surface area contributed by atoms with Crippen LogP contribution in [0, 0.1) is 0 Å². The van der Waals surface area contributed by atoms with E-state index < -0.39 is 6.03 Å². The van der Waals surface area contributed by atoms with Gasteiger partial charge in [0, 0.05) is 10.9 Å².